The summed E-state index contributed by atoms with van der Waals surface area (Å²) < 4.78 is 40.6. The molecule has 2 aromatic rings. The Bertz CT molecular complexity index is 896. The first-order valence-corrected chi connectivity index (χ1v) is 10.9. The van der Waals surface area contributed by atoms with Gasteiger partial charge in [-0.15, -0.1) is 11.3 Å². The minimum atomic E-state index is -5.15. The minimum absolute atomic E-state index is 0.0786. The number of amides is 2. The monoisotopic (exact) mass is 458 g/mol. The summed E-state index contributed by atoms with van der Waals surface area (Å²) in [7, 11) is 0. The number of carbonyl (C=O) groups excluding carboxylic acids is 2. The summed E-state index contributed by atoms with van der Waals surface area (Å²) in [6.07, 6.45) is -0.640. The number of benzene rings is 1. The fraction of sp³-hybridized carbons (Fsp3) is 0.429. The van der Waals surface area contributed by atoms with Gasteiger partial charge in [0.1, 0.15) is 0 Å². The van der Waals surface area contributed by atoms with Gasteiger partial charge in [-0.3, -0.25) is 14.5 Å². The number of carbonyl (C=O) groups is 2. The summed E-state index contributed by atoms with van der Waals surface area (Å²) in [5.41, 5.74) is 0.573. The summed E-state index contributed by atoms with van der Waals surface area (Å²) in [6.45, 7) is 1.70. The van der Waals surface area contributed by atoms with E-state index in [1.165, 1.54) is 18.2 Å². The highest BCUT2D eigenvalue weighted by Gasteiger charge is 2.48. The van der Waals surface area contributed by atoms with Crippen LogP contribution in [0.5, 0.6) is 0 Å². The molecule has 1 aromatic heterocycles. The van der Waals surface area contributed by atoms with Crippen molar-refractivity contribution in [3.8, 4) is 0 Å². The molecule has 0 saturated heterocycles. The summed E-state index contributed by atoms with van der Waals surface area (Å²) in [4.78, 5) is 26.5. The second kappa shape index (κ2) is 9.39. The van der Waals surface area contributed by atoms with E-state index in [9.17, 15) is 22.8 Å². The van der Waals surface area contributed by atoms with Crippen LogP contribution in [0.2, 0.25) is 5.02 Å². The number of halogens is 4. The Kier molecular flexibility index (Phi) is 7.08. The Morgan fingerprint density at radius 1 is 1.20 bits per heavy atom. The lowest BCUT2D eigenvalue weighted by molar-refractivity contribution is -0.171. The van der Waals surface area contributed by atoms with Gasteiger partial charge in [0.2, 0.25) is 5.91 Å². The minimum Gasteiger partial charge on any atom is -0.351 e. The Balaban J connectivity index is 2.05. The van der Waals surface area contributed by atoms with Crippen molar-refractivity contribution in [2.24, 2.45) is 0 Å². The van der Waals surface area contributed by atoms with E-state index in [1.54, 1.807) is 24.4 Å². The molecule has 1 N–H and O–H groups in total. The molecular formula is C21H22ClF3N2O2S. The molecule has 0 radical (unpaired) electrons. The van der Waals surface area contributed by atoms with Crippen molar-refractivity contribution < 1.29 is 22.8 Å². The maximum atomic E-state index is 13.5. The van der Waals surface area contributed by atoms with Crippen LogP contribution in [0.4, 0.5) is 18.9 Å². The third-order valence-electron chi connectivity index (χ3n) is 5.17. The van der Waals surface area contributed by atoms with E-state index in [4.69, 9.17) is 11.6 Å². The number of alkyl halides is 3. The molecular weight excluding hydrogens is 437 g/mol. The molecule has 1 aromatic carbocycles. The number of aryl methyl sites for hydroxylation is 1. The molecule has 3 rings (SSSR count). The first-order chi connectivity index (χ1) is 14.2. The molecule has 1 heterocycles. The molecule has 0 aliphatic heterocycles. The topological polar surface area (TPSA) is 49.4 Å². The molecule has 1 aliphatic carbocycles. The fourth-order valence-electron chi connectivity index (χ4n) is 3.60. The van der Waals surface area contributed by atoms with Crippen molar-refractivity contribution in [3.05, 3.63) is 51.2 Å². The van der Waals surface area contributed by atoms with Gasteiger partial charge in [0.05, 0.1) is 0 Å². The summed E-state index contributed by atoms with van der Waals surface area (Å²) >= 11 is 7.25. The van der Waals surface area contributed by atoms with Gasteiger partial charge in [0, 0.05) is 21.6 Å². The van der Waals surface area contributed by atoms with Crippen molar-refractivity contribution in [2.75, 3.05) is 4.90 Å². The van der Waals surface area contributed by atoms with E-state index in [-0.39, 0.29) is 16.8 Å². The third kappa shape index (κ3) is 5.16. The maximum Gasteiger partial charge on any atom is 0.471 e. The zero-order chi connectivity index (χ0) is 21.9. The van der Waals surface area contributed by atoms with E-state index in [0.717, 1.165) is 43.4 Å². The molecule has 30 heavy (non-hydrogen) atoms. The van der Waals surface area contributed by atoms with Gasteiger partial charge in [-0.25, -0.2) is 0 Å². The molecule has 9 heteroatoms. The zero-order valence-corrected chi connectivity index (χ0v) is 17.9. The van der Waals surface area contributed by atoms with E-state index < -0.39 is 24.0 Å². The molecule has 1 fully saturated rings. The van der Waals surface area contributed by atoms with Gasteiger partial charge in [-0.05, 0) is 48.9 Å². The van der Waals surface area contributed by atoms with Gasteiger partial charge in [-0.2, -0.15) is 13.2 Å². The number of hydrogen-bond donors (Lipinski definition) is 1. The second-order valence-electron chi connectivity index (χ2n) is 7.37. The second-order valence-corrected chi connectivity index (χ2v) is 8.75. The van der Waals surface area contributed by atoms with E-state index in [0.29, 0.717) is 15.3 Å². The maximum absolute atomic E-state index is 13.5. The summed E-state index contributed by atoms with van der Waals surface area (Å²) in [5.74, 6) is -2.74. The Morgan fingerprint density at radius 2 is 1.90 bits per heavy atom. The highest BCUT2D eigenvalue weighted by molar-refractivity contribution is 7.10. The molecule has 1 atom stereocenters. The predicted octanol–water partition coefficient (Wildman–Crippen LogP) is 5.80. The lowest BCUT2D eigenvalue weighted by Gasteiger charge is -2.33. The molecule has 1 saturated carbocycles. The van der Waals surface area contributed by atoms with Crippen LogP contribution in [0.15, 0.2) is 35.7 Å². The van der Waals surface area contributed by atoms with Crippen molar-refractivity contribution in [1.29, 1.82) is 0 Å². The normalized spacial score (nSPS) is 16.2. The number of anilines is 1. The van der Waals surface area contributed by atoms with E-state index in [2.05, 4.69) is 5.32 Å². The number of nitrogens with zero attached hydrogens (tertiary/aromatic N) is 1. The Hall–Kier alpha value is -2.06. The number of hydrogen-bond acceptors (Lipinski definition) is 3. The molecule has 0 spiro atoms. The van der Waals surface area contributed by atoms with Gasteiger partial charge < -0.3 is 5.32 Å². The van der Waals surface area contributed by atoms with Crippen LogP contribution in [-0.4, -0.2) is 24.0 Å². The molecule has 2 amide bonds. The van der Waals surface area contributed by atoms with Crippen LogP contribution in [0.1, 0.15) is 48.6 Å². The summed E-state index contributed by atoms with van der Waals surface area (Å²) in [5, 5.41) is 4.74. The van der Waals surface area contributed by atoms with Gasteiger partial charge in [0.15, 0.2) is 6.04 Å². The lowest BCUT2D eigenvalue weighted by atomic mass is 9.95. The van der Waals surface area contributed by atoms with Crippen molar-refractivity contribution in [1.82, 2.24) is 5.32 Å². The lowest BCUT2D eigenvalue weighted by Crippen LogP contribution is -2.50. The van der Waals surface area contributed by atoms with Crippen LogP contribution in [0.3, 0.4) is 0 Å². The molecule has 0 bridgehead atoms. The van der Waals surface area contributed by atoms with Crippen molar-refractivity contribution in [3.63, 3.8) is 0 Å². The highest BCUT2D eigenvalue weighted by atomic mass is 35.5. The van der Waals surface area contributed by atoms with E-state index >= 15 is 0 Å². The van der Waals surface area contributed by atoms with Crippen molar-refractivity contribution in [2.45, 2.75) is 57.3 Å². The first kappa shape index (κ1) is 22.6. The van der Waals surface area contributed by atoms with Crippen LogP contribution in [-0.2, 0) is 9.59 Å². The summed E-state index contributed by atoms with van der Waals surface area (Å²) in [6, 6.07) is 5.83. The number of thiophene rings is 1. The predicted molar refractivity (Wildman–Crippen MR) is 112 cm³/mol. The quantitative estimate of drug-likeness (QED) is 0.616. The van der Waals surface area contributed by atoms with Crippen LogP contribution < -0.4 is 10.2 Å². The highest BCUT2D eigenvalue weighted by Crippen LogP contribution is 2.36. The molecule has 162 valence electrons. The molecule has 1 unspecified atom stereocenters. The average Bonchev–Trinajstić information content (AvgIpc) is 3.22. The standard InChI is InChI=1S/C21H22ClF3N2O2S/c1-13-9-10-15(12-16(13)22)27(20(29)21(23,24)25)18(17-8-5-11-30-17)19(28)26-14-6-3-2-4-7-14/h5,8-12,14,18H,2-4,6-7H2,1H3,(H,26,28). The first-order valence-electron chi connectivity index (χ1n) is 9.69. The Labute approximate surface area is 182 Å². The SMILES string of the molecule is Cc1ccc(N(C(=O)C(F)(F)F)C(C(=O)NC2CCCCC2)c2cccs2)cc1Cl. The zero-order valence-electron chi connectivity index (χ0n) is 16.3. The largest absolute Gasteiger partial charge is 0.471 e. The van der Waals surface area contributed by atoms with Crippen LogP contribution in [0, 0.1) is 6.92 Å². The smallest absolute Gasteiger partial charge is 0.351 e. The molecule has 1 aliphatic rings. The average molecular weight is 459 g/mol. The van der Waals surface area contributed by atoms with E-state index in [1.807, 2.05) is 0 Å². The number of rotatable bonds is 5. The van der Waals surface area contributed by atoms with Gasteiger partial charge in [0.25, 0.3) is 0 Å². The Morgan fingerprint density at radius 3 is 2.47 bits per heavy atom. The third-order valence-corrected chi connectivity index (χ3v) is 6.50. The number of nitrogens with one attached hydrogen (secondary N) is 1. The van der Waals surface area contributed by atoms with Gasteiger partial charge in [-0.1, -0.05) is 43.0 Å². The van der Waals surface area contributed by atoms with Crippen LogP contribution in [0.25, 0.3) is 0 Å². The van der Waals surface area contributed by atoms with Crippen molar-refractivity contribution >= 4 is 40.4 Å². The van der Waals surface area contributed by atoms with Crippen LogP contribution >= 0.6 is 22.9 Å². The fourth-order valence-corrected chi connectivity index (χ4v) is 4.59. The molecule has 4 nitrogen and oxygen atoms in total. The van der Waals surface area contributed by atoms with Gasteiger partial charge >= 0.3 is 12.1 Å².